The molecule has 1 saturated carbocycles. The van der Waals surface area contributed by atoms with Gasteiger partial charge in [-0.25, -0.2) is 0 Å². The second kappa shape index (κ2) is 5.62. The molecule has 3 aliphatic rings. The number of nitrogens with zero attached hydrogens (tertiary/aromatic N) is 2. The highest BCUT2D eigenvalue weighted by atomic mass is 32.2. The number of likely N-dealkylation sites (tertiary alicyclic amines) is 1. The maximum atomic E-state index is 13.2. The summed E-state index contributed by atoms with van der Waals surface area (Å²) in [6.45, 7) is 8.03. The monoisotopic (exact) mass is 342 g/mol. The van der Waals surface area contributed by atoms with E-state index in [2.05, 4.69) is 36.7 Å². The standard InChI is InChI=1S/C20H26N2OS/c1-19(2)9-16-10-20(3,12-19)13-22(16)18(23)15-8-17(24-11-15)14-4-6-21-7-5-14/h4-8,15-16H,9-13H2,1-3H3. The summed E-state index contributed by atoms with van der Waals surface area (Å²) in [5.74, 6) is 1.25. The van der Waals surface area contributed by atoms with Crippen LogP contribution in [0.15, 0.2) is 30.6 Å². The predicted molar refractivity (Wildman–Crippen MR) is 99.4 cm³/mol. The molecule has 128 valence electrons. The number of amides is 1. The zero-order chi connectivity index (χ0) is 16.9. The molecule has 2 fully saturated rings. The number of thioether (sulfide) groups is 1. The Hall–Kier alpha value is -1.29. The van der Waals surface area contributed by atoms with Crippen LogP contribution in [0, 0.1) is 16.7 Å². The van der Waals surface area contributed by atoms with Gasteiger partial charge < -0.3 is 4.90 Å². The minimum absolute atomic E-state index is 0.0317. The molecule has 0 radical (unpaired) electrons. The first-order chi connectivity index (χ1) is 11.4. The molecule has 0 aromatic carbocycles. The summed E-state index contributed by atoms with van der Waals surface area (Å²) in [6.07, 6.45) is 9.38. The van der Waals surface area contributed by atoms with Gasteiger partial charge in [0, 0.05) is 35.6 Å². The van der Waals surface area contributed by atoms with Crippen molar-refractivity contribution in [1.82, 2.24) is 9.88 Å². The van der Waals surface area contributed by atoms with E-state index in [0.29, 0.717) is 22.8 Å². The largest absolute Gasteiger partial charge is 0.339 e. The summed E-state index contributed by atoms with van der Waals surface area (Å²) < 4.78 is 0. The molecule has 0 spiro atoms. The van der Waals surface area contributed by atoms with Crippen molar-refractivity contribution in [3.63, 3.8) is 0 Å². The molecule has 24 heavy (non-hydrogen) atoms. The van der Waals surface area contributed by atoms with Crippen LogP contribution in [0.3, 0.4) is 0 Å². The maximum absolute atomic E-state index is 13.2. The molecular weight excluding hydrogens is 316 g/mol. The lowest BCUT2D eigenvalue weighted by molar-refractivity contribution is -0.134. The minimum Gasteiger partial charge on any atom is -0.339 e. The SMILES string of the molecule is CC1(C)CC2CC(C)(CN2C(=O)C2C=C(c3ccncc3)SC2)C1. The first-order valence-electron chi connectivity index (χ1n) is 8.91. The Morgan fingerprint density at radius 1 is 1.25 bits per heavy atom. The fraction of sp³-hybridized carbons (Fsp3) is 0.600. The van der Waals surface area contributed by atoms with Crippen LogP contribution >= 0.6 is 11.8 Å². The average molecular weight is 343 g/mol. The minimum atomic E-state index is 0.0317. The number of carbonyl (C=O) groups excluding carboxylic acids is 1. The van der Waals surface area contributed by atoms with Crippen molar-refractivity contribution in [1.29, 1.82) is 0 Å². The van der Waals surface area contributed by atoms with E-state index in [1.54, 1.807) is 11.8 Å². The Morgan fingerprint density at radius 2 is 2.00 bits per heavy atom. The van der Waals surface area contributed by atoms with Crippen LogP contribution in [0.5, 0.6) is 0 Å². The molecule has 2 bridgehead atoms. The van der Waals surface area contributed by atoms with E-state index in [9.17, 15) is 4.79 Å². The molecule has 1 aliphatic carbocycles. The number of hydrogen-bond acceptors (Lipinski definition) is 3. The zero-order valence-electron chi connectivity index (χ0n) is 14.8. The molecule has 2 aliphatic heterocycles. The van der Waals surface area contributed by atoms with Gasteiger partial charge in [0.05, 0.1) is 5.92 Å². The van der Waals surface area contributed by atoms with Crippen LogP contribution in [0.2, 0.25) is 0 Å². The van der Waals surface area contributed by atoms with E-state index in [1.807, 2.05) is 24.5 Å². The molecular formula is C20H26N2OS. The van der Waals surface area contributed by atoms with E-state index in [0.717, 1.165) is 18.7 Å². The second-order valence-corrected chi connectivity index (χ2v) is 9.93. The van der Waals surface area contributed by atoms with E-state index in [4.69, 9.17) is 0 Å². The molecule has 1 aromatic rings. The molecule has 4 rings (SSSR count). The highest BCUT2D eigenvalue weighted by Gasteiger charge is 2.51. The zero-order valence-corrected chi connectivity index (χ0v) is 15.6. The van der Waals surface area contributed by atoms with Gasteiger partial charge in [0.25, 0.3) is 0 Å². The number of pyridine rings is 1. The van der Waals surface area contributed by atoms with Gasteiger partial charge in [-0.1, -0.05) is 26.8 Å². The molecule has 4 heteroatoms. The van der Waals surface area contributed by atoms with Crippen molar-refractivity contribution in [3.8, 4) is 0 Å². The highest BCUT2D eigenvalue weighted by Crippen LogP contribution is 2.53. The van der Waals surface area contributed by atoms with Crippen LogP contribution in [0.1, 0.15) is 45.6 Å². The Labute approximate surface area is 148 Å². The van der Waals surface area contributed by atoms with Gasteiger partial charge >= 0.3 is 0 Å². The van der Waals surface area contributed by atoms with E-state index in [-0.39, 0.29) is 5.92 Å². The number of rotatable bonds is 2. The van der Waals surface area contributed by atoms with Gasteiger partial charge in [-0.2, -0.15) is 0 Å². The van der Waals surface area contributed by atoms with Crippen molar-refractivity contribution in [2.75, 3.05) is 12.3 Å². The van der Waals surface area contributed by atoms with Crippen molar-refractivity contribution >= 4 is 22.6 Å². The molecule has 0 N–H and O–H groups in total. The smallest absolute Gasteiger partial charge is 0.230 e. The molecule has 1 aromatic heterocycles. The lowest BCUT2D eigenvalue weighted by Crippen LogP contribution is -2.40. The Balaban J connectivity index is 1.52. The van der Waals surface area contributed by atoms with E-state index in [1.165, 1.54) is 23.3 Å². The highest BCUT2D eigenvalue weighted by molar-refractivity contribution is 8.08. The summed E-state index contributed by atoms with van der Waals surface area (Å²) in [5.41, 5.74) is 1.85. The Morgan fingerprint density at radius 3 is 2.75 bits per heavy atom. The molecule has 1 saturated heterocycles. The van der Waals surface area contributed by atoms with Crippen LogP contribution in [0.25, 0.3) is 4.91 Å². The van der Waals surface area contributed by atoms with Gasteiger partial charge in [0.1, 0.15) is 0 Å². The first kappa shape index (κ1) is 16.2. The van der Waals surface area contributed by atoms with Gasteiger partial charge in [0.2, 0.25) is 5.91 Å². The molecule has 3 unspecified atom stereocenters. The quantitative estimate of drug-likeness (QED) is 0.807. The fourth-order valence-electron chi connectivity index (χ4n) is 5.23. The number of carbonyl (C=O) groups is 1. The third-order valence-electron chi connectivity index (χ3n) is 5.75. The van der Waals surface area contributed by atoms with Gasteiger partial charge in [-0.05, 0) is 47.8 Å². The molecule has 1 amide bonds. The van der Waals surface area contributed by atoms with E-state index >= 15 is 0 Å². The molecule has 3 atom stereocenters. The predicted octanol–water partition coefficient (Wildman–Crippen LogP) is 4.21. The van der Waals surface area contributed by atoms with Gasteiger partial charge in [-0.15, -0.1) is 11.8 Å². The second-order valence-electron chi connectivity index (χ2n) is 8.86. The van der Waals surface area contributed by atoms with E-state index < -0.39 is 0 Å². The topological polar surface area (TPSA) is 33.2 Å². The fourth-order valence-corrected chi connectivity index (χ4v) is 6.39. The lowest BCUT2D eigenvalue weighted by Gasteiger charge is -2.39. The van der Waals surface area contributed by atoms with Crippen molar-refractivity contribution in [2.45, 2.75) is 46.1 Å². The van der Waals surface area contributed by atoms with Crippen LogP contribution in [0.4, 0.5) is 0 Å². The van der Waals surface area contributed by atoms with Gasteiger partial charge in [-0.3, -0.25) is 9.78 Å². The lowest BCUT2D eigenvalue weighted by atomic mass is 9.65. The number of hydrogen-bond donors (Lipinski definition) is 0. The van der Waals surface area contributed by atoms with Crippen molar-refractivity contribution < 1.29 is 4.79 Å². The van der Waals surface area contributed by atoms with Crippen LogP contribution in [-0.4, -0.2) is 34.1 Å². The molecule has 3 nitrogen and oxygen atoms in total. The third-order valence-corrected chi connectivity index (χ3v) is 6.96. The van der Waals surface area contributed by atoms with Crippen LogP contribution < -0.4 is 0 Å². The maximum Gasteiger partial charge on any atom is 0.230 e. The summed E-state index contributed by atoms with van der Waals surface area (Å²) in [6, 6.07) is 4.49. The normalized spacial score (nSPS) is 34.3. The average Bonchev–Trinajstić information content (AvgIpc) is 3.09. The summed E-state index contributed by atoms with van der Waals surface area (Å²) >= 11 is 1.80. The number of aromatic nitrogens is 1. The Bertz CT molecular complexity index is 684. The molecule has 3 heterocycles. The van der Waals surface area contributed by atoms with Crippen molar-refractivity contribution in [3.05, 3.63) is 36.2 Å². The first-order valence-corrected chi connectivity index (χ1v) is 9.89. The Kier molecular flexibility index (Phi) is 3.79. The van der Waals surface area contributed by atoms with Gasteiger partial charge in [0.15, 0.2) is 0 Å². The number of fused-ring (bicyclic) bond motifs is 2. The summed E-state index contributed by atoms with van der Waals surface area (Å²) in [5, 5.41) is 0. The van der Waals surface area contributed by atoms with Crippen LogP contribution in [-0.2, 0) is 4.79 Å². The summed E-state index contributed by atoms with van der Waals surface area (Å²) in [7, 11) is 0. The third kappa shape index (κ3) is 2.90. The van der Waals surface area contributed by atoms with Crippen molar-refractivity contribution in [2.24, 2.45) is 16.7 Å². The summed E-state index contributed by atoms with van der Waals surface area (Å²) in [4.78, 5) is 20.7.